The Balaban J connectivity index is 3.58. The number of carbonyl (C=O) groups is 2. The van der Waals surface area contributed by atoms with Gasteiger partial charge >= 0.3 is 11.9 Å². The molecular formula is C10H10O6. The van der Waals surface area contributed by atoms with Crippen LogP contribution < -0.4 is 0 Å². The molecule has 86 valence electrons. The second-order valence-corrected chi connectivity index (χ2v) is 3.36. The van der Waals surface area contributed by atoms with Gasteiger partial charge in [-0.2, -0.15) is 0 Å². The largest absolute Gasteiger partial charge is 0.478 e. The van der Waals surface area contributed by atoms with Crippen LogP contribution in [0.15, 0.2) is 18.2 Å². The zero-order valence-corrected chi connectivity index (χ0v) is 8.34. The quantitative estimate of drug-likeness (QED) is 0.549. The number of carboxylic acids is 2. The second kappa shape index (κ2) is 3.92. The van der Waals surface area contributed by atoms with Crippen LogP contribution in [0.3, 0.4) is 0 Å². The number of hydrogen-bond acceptors (Lipinski definition) is 4. The minimum atomic E-state index is -2.40. The summed E-state index contributed by atoms with van der Waals surface area (Å²) < 4.78 is 0. The highest BCUT2D eigenvalue weighted by Crippen LogP contribution is 2.24. The van der Waals surface area contributed by atoms with Gasteiger partial charge in [0.2, 0.25) is 0 Å². The van der Waals surface area contributed by atoms with Gasteiger partial charge in [0.05, 0.1) is 11.1 Å². The molecule has 16 heavy (non-hydrogen) atoms. The molecule has 4 N–H and O–H groups in total. The Morgan fingerprint density at radius 2 is 1.69 bits per heavy atom. The molecule has 0 unspecified atom stereocenters. The highest BCUT2D eigenvalue weighted by molar-refractivity contribution is 6.02. The summed E-state index contributed by atoms with van der Waals surface area (Å²) in [6.45, 7) is 0.959. The van der Waals surface area contributed by atoms with Gasteiger partial charge in [-0.05, 0) is 13.0 Å². The third-order valence-corrected chi connectivity index (χ3v) is 2.02. The first-order valence-electron chi connectivity index (χ1n) is 4.30. The van der Waals surface area contributed by atoms with Crippen LogP contribution in [0.2, 0.25) is 0 Å². The highest BCUT2D eigenvalue weighted by Gasteiger charge is 2.29. The van der Waals surface area contributed by atoms with E-state index in [0.717, 1.165) is 19.1 Å². The normalized spacial score (nSPS) is 11.2. The fraction of sp³-hybridized carbons (Fsp3) is 0.200. The first kappa shape index (κ1) is 12.2. The number of hydrogen-bond donors (Lipinski definition) is 4. The van der Waals surface area contributed by atoms with Crippen molar-refractivity contribution in [2.75, 3.05) is 0 Å². The molecule has 1 aromatic rings. The van der Waals surface area contributed by atoms with E-state index in [1.807, 2.05) is 0 Å². The van der Waals surface area contributed by atoms with E-state index in [4.69, 9.17) is 10.2 Å². The lowest BCUT2D eigenvalue weighted by Crippen LogP contribution is -2.25. The predicted molar refractivity (Wildman–Crippen MR) is 52.2 cm³/mol. The van der Waals surface area contributed by atoms with Gasteiger partial charge in [-0.1, -0.05) is 12.1 Å². The van der Waals surface area contributed by atoms with Crippen LogP contribution in [0.4, 0.5) is 0 Å². The number of aromatic carboxylic acids is 2. The Morgan fingerprint density at radius 3 is 2.06 bits per heavy atom. The van der Waals surface area contributed by atoms with Gasteiger partial charge in [0.15, 0.2) is 5.79 Å². The van der Waals surface area contributed by atoms with Crippen molar-refractivity contribution < 1.29 is 30.0 Å². The Bertz CT molecular complexity index is 443. The van der Waals surface area contributed by atoms with E-state index in [9.17, 15) is 19.8 Å². The summed E-state index contributed by atoms with van der Waals surface area (Å²) in [6, 6.07) is 3.48. The van der Waals surface area contributed by atoms with Crippen LogP contribution in [-0.4, -0.2) is 32.4 Å². The average molecular weight is 226 g/mol. The summed E-state index contributed by atoms with van der Waals surface area (Å²) in [7, 11) is 0. The monoisotopic (exact) mass is 226 g/mol. The standard InChI is InChI=1S/C10H10O6/c1-10(15,16)6-4-2-3-5(8(11)12)7(6)9(13)14/h2-4,15-16H,1H3,(H,11,12)(H,13,14). The van der Waals surface area contributed by atoms with Crippen molar-refractivity contribution in [3.05, 3.63) is 34.9 Å². The third kappa shape index (κ3) is 2.18. The number of carboxylic acid groups (broad SMARTS) is 2. The van der Waals surface area contributed by atoms with Crippen molar-refractivity contribution in [3.63, 3.8) is 0 Å². The van der Waals surface area contributed by atoms with Gasteiger partial charge < -0.3 is 20.4 Å². The minimum absolute atomic E-state index is 0.361. The summed E-state index contributed by atoms with van der Waals surface area (Å²) in [5, 5.41) is 36.3. The maximum absolute atomic E-state index is 10.9. The van der Waals surface area contributed by atoms with Crippen LogP contribution in [0, 0.1) is 0 Å². The molecule has 0 aromatic heterocycles. The predicted octanol–water partition coefficient (Wildman–Crippen LogP) is 0.240. The van der Waals surface area contributed by atoms with Crippen LogP contribution >= 0.6 is 0 Å². The molecule has 0 aliphatic rings. The van der Waals surface area contributed by atoms with E-state index in [1.54, 1.807) is 0 Å². The third-order valence-electron chi connectivity index (χ3n) is 2.02. The highest BCUT2D eigenvalue weighted by atomic mass is 16.5. The molecule has 0 saturated carbocycles. The van der Waals surface area contributed by atoms with Gasteiger partial charge in [-0.3, -0.25) is 0 Å². The molecule has 0 heterocycles. The SMILES string of the molecule is CC(O)(O)c1cccc(C(=O)O)c1C(=O)O. The summed E-state index contributed by atoms with van der Waals surface area (Å²) in [5.41, 5.74) is -1.47. The summed E-state index contributed by atoms with van der Waals surface area (Å²) in [4.78, 5) is 21.7. The van der Waals surface area contributed by atoms with E-state index in [0.29, 0.717) is 0 Å². The molecule has 0 saturated heterocycles. The van der Waals surface area contributed by atoms with Crippen LogP contribution in [0.25, 0.3) is 0 Å². The first-order valence-corrected chi connectivity index (χ1v) is 4.30. The van der Waals surface area contributed by atoms with Crippen molar-refractivity contribution >= 4 is 11.9 Å². The summed E-state index contributed by atoms with van der Waals surface area (Å²) in [5.74, 6) is -5.37. The van der Waals surface area contributed by atoms with Gasteiger partial charge in [0.25, 0.3) is 0 Å². The Labute approximate surface area is 90.4 Å². The molecule has 0 aliphatic heterocycles. The summed E-state index contributed by atoms with van der Waals surface area (Å²) in [6.07, 6.45) is 0. The Hall–Kier alpha value is -1.92. The number of aliphatic hydroxyl groups is 2. The summed E-state index contributed by atoms with van der Waals surface area (Å²) >= 11 is 0. The lowest BCUT2D eigenvalue weighted by atomic mass is 9.96. The van der Waals surface area contributed by atoms with Gasteiger partial charge in [0, 0.05) is 5.56 Å². The zero-order valence-electron chi connectivity index (χ0n) is 8.34. The molecule has 1 rings (SSSR count). The van der Waals surface area contributed by atoms with Crippen molar-refractivity contribution in [1.82, 2.24) is 0 Å². The van der Waals surface area contributed by atoms with Crippen molar-refractivity contribution in [2.24, 2.45) is 0 Å². The first-order chi connectivity index (χ1) is 7.25. The van der Waals surface area contributed by atoms with E-state index >= 15 is 0 Å². The van der Waals surface area contributed by atoms with Gasteiger partial charge in [-0.25, -0.2) is 9.59 Å². The number of rotatable bonds is 3. The van der Waals surface area contributed by atoms with Crippen molar-refractivity contribution in [1.29, 1.82) is 0 Å². The molecule has 0 aliphatic carbocycles. The molecule has 0 spiro atoms. The van der Waals surface area contributed by atoms with Crippen molar-refractivity contribution in [3.8, 4) is 0 Å². The fourth-order valence-electron chi connectivity index (χ4n) is 1.36. The van der Waals surface area contributed by atoms with E-state index in [1.165, 1.54) is 6.07 Å². The molecule has 0 amide bonds. The van der Waals surface area contributed by atoms with E-state index in [-0.39, 0.29) is 5.56 Å². The lowest BCUT2D eigenvalue weighted by Gasteiger charge is -2.19. The molecule has 6 nitrogen and oxygen atoms in total. The Kier molecular flexibility index (Phi) is 2.97. The second-order valence-electron chi connectivity index (χ2n) is 3.36. The smallest absolute Gasteiger partial charge is 0.337 e. The van der Waals surface area contributed by atoms with Gasteiger partial charge in [-0.15, -0.1) is 0 Å². The molecule has 0 radical (unpaired) electrons. The fourth-order valence-corrected chi connectivity index (χ4v) is 1.36. The Morgan fingerprint density at radius 1 is 1.12 bits per heavy atom. The topological polar surface area (TPSA) is 115 Å². The minimum Gasteiger partial charge on any atom is -0.478 e. The average Bonchev–Trinajstić information content (AvgIpc) is 2.14. The molecule has 0 bridgehead atoms. The van der Waals surface area contributed by atoms with Crippen LogP contribution in [0.5, 0.6) is 0 Å². The molecular weight excluding hydrogens is 216 g/mol. The molecule has 0 atom stereocenters. The van der Waals surface area contributed by atoms with Crippen LogP contribution in [0.1, 0.15) is 33.2 Å². The van der Waals surface area contributed by atoms with E-state index in [2.05, 4.69) is 0 Å². The van der Waals surface area contributed by atoms with Gasteiger partial charge in [0.1, 0.15) is 0 Å². The maximum atomic E-state index is 10.9. The molecule has 0 fully saturated rings. The van der Waals surface area contributed by atoms with Crippen molar-refractivity contribution in [2.45, 2.75) is 12.7 Å². The maximum Gasteiger partial charge on any atom is 0.337 e. The van der Waals surface area contributed by atoms with Crippen LogP contribution in [-0.2, 0) is 5.79 Å². The molecule has 1 aromatic carbocycles. The van der Waals surface area contributed by atoms with E-state index < -0.39 is 28.9 Å². The number of benzene rings is 1. The zero-order chi connectivity index (χ0) is 12.5. The molecule has 6 heteroatoms. The lowest BCUT2D eigenvalue weighted by molar-refractivity contribution is -0.153.